The first-order valence-electron chi connectivity index (χ1n) is 9.39. The second-order valence-electron chi connectivity index (χ2n) is 7.09. The predicted octanol–water partition coefficient (Wildman–Crippen LogP) is 3.99. The van der Waals surface area contributed by atoms with Crippen LogP contribution < -0.4 is 0 Å². The molecule has 0 atom stereocenters. The Labute approximate surface area is 172 Å². The van der Waals surface area contributed by atoms with E-state index in [9.17, 15) is 21.6 Å². The summed E-state index contributed by atoms with van der Waals surface area (Å²) in [7, 11) is -3.68. The first-order chi connectivity index (χ1) is 14.2. The number of nitrogens with zero attached hydrogens (tertiary/aromatic N) is 4. The van der Waals surface area contributed by atoms with E-state index in [1.54, 1.807) is 23.3 Å². The van der Waals surface area contributed by atoms with E-state index in [0.717, 1.165) is 12.1 Å². The van der Waals surface area contributed by atoms with Crippen molar-refractivity contribution in [3.05, 3.63) is 66.5 Å². The molecule has 4 rings (SSSR count). The molecule has 6 nitrogen and oxygen atoms in total. The van der Waals surface area contributed by atoms with Gasteiger partial charge in [0.25, 0.3) is 0 Å². The van der Waals surface area contributed by atoms with Crippen molar-refractivity contribution in [2.45, 2.75) is 30.0 Å². The molecular weight excluding hydrogens is 417 g/mol. The van der Waals surface area contributed by atoms with E-state index in [0.29, 0.717) is 37.1 Å². The molecule has 1 saturated heterocycles. The molecule has 0 unspecified atom stereocenters. The largest absolute Gasteiger partial charge is 0.416 e. The van der Waals surface area contributed by atoms with Crippen LogP contribution in [0.4, 0.5) is 13.2 Å². The van der Waals surface area contributed by atoms with Crippen molar-refractivity contribution in [2.75, 3.05) is 13.1 Å². The highest BCUT2D eigenvalue weighted by atomic mass is 32.2. The van der Waals surface area contributed by atoms with Gasteiger partial charge in [-0.2, -0.15) is 32.5 Å². The molecule has 158 valence electrons. The molecule has 0 bridgehead atoms. The third-order valence-corrected chi connectivity index (χ3v) is 7.11. The summed E-state index contributed by atoms with van der Waals surface area (Å²) in [6.45, 7) is 0.702. The van der Waals surface area contributed by atoms with Crippen LogP contribution in [0.2, 0.25) is 0 Å². The highest BCUT2D eigenvalue weighted by molar-refractivity contribution is 7.89. The summed E-state index contributed by atoms with van der Waals surface area (Å²) in [4.78, 5) is 1.72. The van der Waals surface area contributed by atoms with Crippen LogP contribution in [0.15, 0.2) is 65.8 Å². The van der Waals surface area contributed by atoms with Gasteiger partial charge in [0, 0.05) is 13.1 Å². The highest BCUT2D eigenvalue weighted by Crippen LogP contribution is 2.33. The standard InChI is InChI=1S/C20H19F3N4O2S/c21-20(22,23)17-3-1-2-16(14-17)15-4-6-19(7-5-15)30(28,29)26-12-8-18(9-13-26)27-24-10-11-25-27/h1-7,10-11,14,18H,8-9,12-13H2. The molecule has 10 heteroatoms. The maximum absolute atomic E-state index is 13.0. The van der Waals surface area contributed by atoms with Crippen molar-refractivity contribution in [3.63, 3.8) is 0 Å². The van der Waals surface area contributed by atoms with Crippen molar-refractivity contribution in [3.8, 4) is 11.1 Å². The molecule has 0 radical (unpaired) electrons. The molecule has 1 fully saturated rings. The summed E-state index contributed by atoms with van der Waals surface area (Å²) < 4.78 is 66.1. The second kappa shape index (κ2) is 7.84. The Morgan fingerprint density at radius 2 is 1.53 bits per heavy atom. The van der Waals surface area contributed by atoms with Gasteiger partial charge in [0.15, 0.2) is 0 Å². The zero-order valence-corrected chi connectivity index (χ0v) is 16.6. The first-order valence-corrected chi connectivity index (χ1v) is 10.8. The molecule has 2 heterocycles. The average Bonchev–Trinajstić information content (AvgIpc) is 3.28. The molecule has 0 amide bonds. The Hall–Kier alpha value is -2.72. The molecule has 1 aliphatic heterocycles. The molecule has 1 aromatic heterocycles. The smallest absolute Gasteiger partial charge is 0.207 e. The molecule has 0 aliphatic carbocycles. The Morgan fingerprint density at radius 3 is 2.13 bits per heavy atom. The minimum absolute atomic E-state index is 0.0646. The number of alkyl halides is 3. The maximum Gasteiger partial charge on any atom is 0.416 e. The minimum atomic E-state index is -4.43. The molecule has 0 saturated carbocycles. The summed E-state index contributed by atoms with van der Waals surface area (Å²) in [5, 5.41) is 8.22. The molecule has 3 aromatic rings. The van der Waals surface area contributed by atoms with E-state index in [4.69, 9.17) is 0 Å². The number of sulfonamides is 1. The van der Waals surface area contributed by atoms with E-state index < -0.39 is 21.8 Å². The molecule has 2 aromatic carbocycles. The van der Waals surface area contributed by atoms with E-state index >= 15 is 0 Å². The van der Waals surface area contributed by atoms with E-state index in [2.05, 4.69) is 10.2 Å². The van der Waals surface area contributed by atoms with Gasteiger partial charge >= 0.3 is 6.18 Å². The molecule has 0 N–H and O–H groups in total. The van der Waals surface area contributed by atoms with Gasteiger partial charge in [0.1, 0.15) is 0 Å². The number of rotatable bonds is 4. The second-order valence-corrected chi connectivity index (χ2v) is 9.03. The van der Waals surface area contributed by atoms with Gasteiger partial charge < -0.3 is 0 Å². The van der Waals surface area contributed by atoms with E-state index in [-0.39, 0.29) is 10.9 Å². The number of hydrogen-bond donors (Lipinski definition) is 0. The summed E-state index contributed by atoms with van der Waals surface area (Å²) in [6, 6.07) is 11.0. The summed E-state index contributed by atoms with van der Waals surface area (Å²) in [5.41, 5.74) is 0.149. The fourth-order valence-electron chi connectivity index (χ4n) is 3.57. The van der Waals surface area contributed by atoms with Crippen LogP contribution in [0.1, 0.15) is 24.4 Å². The van der Waals surface area contributed by atoms with Crippen LogP contribution in [-0.4, -0.2) is 40.8 Å². The number of halogens is 3. The number of piperidine rings is 1. The monoisotopic (exact) mass is 436 g/mol. The van der Waals surface area contributed by atoms with Gasteiger partial charge in [-0.25, -0.2) is 8.42 Å². The lowest BCUT2D eigenvalue weighted by atomic mass is 10.0. The van der Waals surface area contributed by atoms with Gasteiger partial charge in [-0.15, -0.1) is 0 Å². The van der Waals surface area contributed by atoms with E-state index in [1.807, 2.05) is 0 Å². The topological polar surface area (TPSA) is 68.1 Å². The third kappa shape index (κ3) is 4.10. The minimum Gasteiger partial charge on any atom is -0.207 e. The van der Waals surface area contributed by atoms with Crippen molar-refractivity contribution in [1.82, 2.24) is 19.3 Å². The number of hydrogen-bond acceptors (Lipinski definition) is 4. The number of benzene rings is 2. The zero-order chi connectivity index (χ0) is 21.4. The van der Waals surface area contributed by atoms with E-state index in [1.165, 1.54) is 34.6 Å². The van der Waals surface area contributed by atoms with Crippen LogP contribution in [0.5, 0.6) is 0 Å². The Bertz CT molecular complexity index is 1110. The summed E-state index contributed by atoms with van der Waals surface area (Å²) >= 11 is 0. The lowest BCUT2D eigenvalue weighted by molar-refractivity contribution is -0.137. The molecule has 30 heavy (non-hydrogen) atoms. The van der Waals surface area contributed by atoms with Crippen LogP contribution in [0.3, 0.4) is 0 Å². The van der Waals surface area contributed by atoms with Crippen molar-refractivity contribution >= 4 is 10.0 Å². The summed E-state index contributed by atoms with van der Waals surface area (Å²) in [5.74, 6) is 0. The predicted molar refractivity (Wildman–Crippen MR) is 104 cm³/mol. The quantitative estimate of drug-likeness (QED) is 0.620. The van der Waals surface area contributed by atoms with Crippen LogP contribution >= 0.6 is 0 Å². The Balaban J connectivity index is 1.50. The van der Waals surface area contributed by atoms with Gasteiger partial charge in [0.05, 0.1) is 28.9 Å². The fourth-order valence-corrected chi connectivity index (χ4v) is 5.04. The zero-order valence-electron chi connectivity index (χ0n) is 15.8. The van der Waals surface area contributed by atoms with Gasteiger partial charge in [-0.1, -0.05) is 24.3 Å². The normalized spacial score (nSPS) is 16.6. The SMILES string of the molecule is O=S(=O)(c1ccc(-c2cccc(C(F)(F)F)c2)cc1)N1CCC(n2nccn2)CC1. The van der Waals surface area contributed by atoms with Crippen molar-refractivity contribution in [2.24, 2.45) is 0 Å². The molecule has 0 spiro atoms. The third-order valence-electron chi connectivity index (χ3n) is 5.20. The number of aromatic nitrogens is 3. The first kappa shape index (κ1) is 20.5. The van der Waals surface area contributed by atoms with Crippen molar-refractivity contribution < 1.29 is 21.6 Å². The van der Waals surface area contributed by atoms with Crippen LogP contribution in [0, 0.1) is 0 Å². The average molecular weight is 436 g/mol. The fraction of sp³-hybridized carbons (Fsp3) is 0.300. The van der Waals surface area contributed by atoms with Crippen molar-refractivity contribution in [1.29, 1.82) is 0 Å². The lowest BCUT2D eigenvalue weighted by Crippen LogP contribution is -2.39. The Kier molecular flexibility index (Phi) is 5.37. The van der Waals surface area contributed by atoms with Gasteiger partial charge in [-0.05, 0) is 48.2 Å². The lowest BCUT2D eigenvalue weighted by Gasteiger charge is -2.30. The van der Waals surface area contributed by atoms with Crippen LogP contribution in [-0.2, 0) is 16.2 Å². The highest BCUT2D eigenvalue weighted by Gasteiger charge is 2.31. The maximum atomic E-state index is 13.0. The summed E-state index contributed by atoms with van der Waals surface area (Å²) in [6.07, 6.45) is -0.0340. The molecular formula is C20H19F3N4O2S. The Morgan fingerprint density at radius 1 is 0.900 bits per heavy atom. The molecule has 1 aliphatic rings. The van der Waals surface area contributed by atoms with Crippen LogP contribution in [0.25, 0.3) is 11.1 Å². The van der Waals surface area contributed by atoms with Gasteiger partial charge in [-0.3, -0.25) is 0 Å². The van der Waals surface area contributed by atoms with Gasteiger partial charge in [0.2, 0.25) is 10.0 Å².